The fourth-order valence-electron chi connectivity index (χ4n) is 1.42. The molecule has 1 fully saturated rings. The molecule has 0 spiro atoms. The van der Waals surface area contributed by atoms with Crippen LogP contribution in [0.3, 0.4) is 0 Å². The number of nitriles is 1. The number of hydrogen-bond acceptors (Lipinski definition) is 5. The largest absolute Gasteiger partial charge is 0.354 e. The van der Waals surface area contributed by atoms with Gasteiger partial charge in [0.2, 0.25) is 17.7 Å². The number of hydrogen-bond donors (Lipinski definition) is 3. The van der Waals surface area contributed by atoms with Crippen LogP contribution in [0.2, 0.25) is 0 Å². The van der Waals surface area contributed by atoms with Gasteiger partial charge in [-0.1, -0.05) is 0 Å². The second-order valence-corrected chi connectivity index (χ2v) is 3.64. The van der Waals surface area contributed by atoms with Gasteiger partial charge in [-0.15, -0.1) is 0 Å². The standard InChI is InChI=1S/C10H14N4O3/c11-4-1-5-12-9(16)6-13-7-2-3-8(15)14-10(7)17/h7,13H,1-3,5-6H2,(H,12,16)(H,14,15,17). The Labute approximate surface area is 98.5 Å². The van der Waals surface area contributed by atoms with Gasteiger partial charge in [0.25, 0.3) is 0 Å². The lowest BCUT2D eigenvalue weighted by atomic mass is 10.1. The Morgan fingerprint density at radius 1 is 1.53 bits per heavy atom. The van der Waals surface area contributed by atoms with Crippen LogP contribution < -0.4 is 16.0 Å². The van der Waals surface area contributed by atoms with E-state index in [4.69, 9.17) is 5.26 Å². The summed E-state index contributed by atoms with van der Waals surface area (Å²) in [7, 11) is 0. The number of imide groups is 1. The van der Waals surface area contributed by atoms with Crippen molar-refractivity contribution in [1.82, 2.24) is 16.0 Å². The minimum Gasteiger partial charge on any atom is -0.354 e. The first-order valence-electron chi connectivity index (χ1n) is 5.34. The third kappa shape index (κ3) is 4.61. The summed E-state index contributed by atoms with van der Waals surface area (Å²) in [6, 6.07) is 1.40. The van der Waals surface area contributed by atoms with Crippen LogP contribution in [0.4, 0.5) is 0 Å². The van der Waals surface area contributed by atoms with Gasteiger partial charge >= 0.3 is 0 Å². The lowest BCUT2D eigenvalue weighted by molar-refractivity contribution is -0.134. The molecule has 0 radical (unpaired) electrons. The Morgan fingerprint density at radius 2 is 2.29 bits per heavy atom. The van der Waals surface area contributed by atoms with Crippen molar-refractivity contribution in [3.05, 3.63) is 0 Å². The molecule has 1 rings (SSSR count). The van der Waals surface area contributed by atoms with Crippen molar-refractivity contribution in [2.75, 3.05) is 13.1 Å². The molecule has 3 amide bonds. The first kappa shape index (κ1) is 13.1. The SMILES string of the molecule is N#CCCNC(=O)CNC1CCC(=O)NC1=O. The molecule has 0 aromatic carbocycles. The van der Waals surface area contributed by atoms with E-state index in [0.717, 1.165) is 0 Å². The lowest BCUT2D eigenvalue weighted by Gasteiger charge is -2.21. The molecule has 1 unspecified atom stereocenters. The van der Waals surface area contributed by atoms with Crippen molar-refractivity contribution in [2.24, 2.45) is 0 Å². The van der Waals surface area contributed by atoms with E-state index in [2.05, 4.69) is 16.0 Å². The average Bonchev–Trinajstić information content (AvgIpc) is 2.28. The molecule has 0 aliphatic carbocycles. The van der Waals surface area contributed by atoms with Gasteiger partial charge in [-0.2, -0.15) is 5.26 Å². The molecular formula is C10H14N4O3. The van der Waals surface area contributed by atoms with E-state index in [0.29, 0.717) is 13.0 Å². The molecule has 7 heteroatoms. The Balaban J connectivity index is 2.22. The van der Waals surface area contributed by atoms with Crippen molar-refractivity contribution in [3.63, 3.8) is 0 Å². The van der Waals surface area contributed by atoms with Gasteiger partial charge < -0.3 is 5.32 Å². The third-order valence-corrected chi connectivity index (χ3v) is 2.31. The lowest BCUT2D eigenvalue weighted by Crippen LogP contribution is -2.52. The van der Waals surface area contributed by atoms with Crippen LogP contribution in [0.1, 0.15) is 19.3 Å². The summed E-state index contributed by atoms with van der Waals surface area (Å²) in [4.78, 5) is 33.4. The molecular weight excluding hydrogens is 224 g/mol. The molecule has 0 aromatic rings. The summed E-state index contributed by atoms with van der Waals surface area (Å²) < 4.78 is 0. The highest BCUT2D eigenvalue weighted by Crippen LogP contribution is 2.03. The molecule has 0 bridgehead atoms. The molecule has 1 aliphatic heterocycles. The molecule has 0 saturated carbocycles. The number of carbonyl (C=O) groups excluding carboxylic acids is 3. The van der Waals surface area contributed by atoms with Gasteiger partial charge in [-0.3, -0.25) is 25.0 Å². The quantitative estimate of drug-likeness (QED) is 0.395. The molecule has 1 saturated heterocycles. The van der Waals surface area contributed by atoms with Crippen LogP contribution in [-0.2, 0) is 14.4 Å². The second kappa shape index (κ2) is 6.60. The normalized spacial score (nSPS) is 19.4. The monoisotopic (exact) mass is 238 g/mol. The van der Waals surface area contributed by atoms with Gasteiger partial charge in [-0.25, -0.2) is 0 Å². The van der Waals surface area contributed by atoms with E-state index in [1.54, 1.807) is 0 Å². The zero-order chi connectivity index (χ0) is 12.7. The highest BCUT2D eigenvalue weighted by molar-refractivity contribution is 6.00. The first-order chi connectivity index (χ1) is 8.13. The highest BCUT2D eigenvalue weighted by Gasteiger charge is 2.26. The topological polar surface area (TPSA) is 111 Å². The van der Waals surface area contributed by atoms with Crippen molar-refractivity contribution in [3.8, 4) is 6.07 Å². The molecule has 92 valence electrons. The molecule has 3 N–H and O–H groups in total. The van der Waals surface area contributed by atoms with E-state index in [1.165, 1.54) is 0 Å². The smallest absolute Gasteiger partial charge is 0.243 e. The van der Waals surface area contributed by atoms with Crippen LogP contribution in [0, 0.1) is 11.3 Å². The fraction of sp³-hybridized carbons (Fsp3) is 0.600. The van der Waals surface area contributed by atoms with E-state index in [1.807, 2.05) is 6.07 Å². The fourth-order valence-corrected chi connectivity index (χ4v) is 1.42. The Kier molecular flexibility index (Phi) is 5.10. The van der Waals surface area contributed by atoms with Crippen molar-refractivity contribution in [1.29, 1.82) is 5.26 Å². The number of amides is 3. The van der Waals surface area contributed by atoms with E-state index >= 15 is 0 Å². The highest BCUT2D eigenvalue weighted by atomic mass is 16.2. The summed E-state index contributed by atoms with van der Waals surface area (Å²) in [6.45, 7) is 0.296. The number of carbonyl (C=O) groups is 3. The molecule has 17 heavy (non-hydrogen) atoms. The molecule has 1 atom stereocenters. The Hall–Kier alpha value is -1.94. The van der Waals surface area contributed by atoms with Crippen LogP contribution in [0.5, 0.6) is 0 Å². The predicted octanol–water partition coefficient (Wildman–Crippen LogP) is -1.59. The molecule has 7 nitrogen and oxygen atoms in total. The first-order valence-corrected chi connectivity index (χ1v) is 5.34. The summed E-state index contributed by atoms with van der Waals surface area (Å²) in [5.74, 6) is -0.956. The van der Waals surface area contributed by atoms with Gasteiger partial charge in [0.1, 0.15) is 0 Å². The van der Waals surface area contributed by atoms with Crippen LogP contribution >= 0.6 is 0 Å². The maximum Gasteiger partial charge on any atom is 0.243 e. The van der Waals surface area contributed by atoms with Crippen LogP contribution in [0.15, 0.2) is 0 Å². The van der Waals surface area contributed by atoms with E-state index < -0.39 is 11.9 Å². The maximum atomic E-state index is 11.3. The van der Waals surface area contributed by atoms with Crippen molar-refractivity contribution >= 4 is 17.7 Å². The number of piperidine rings is 1. The minimum atomic E-state index is -0.505. The van der Waals surface area contributed by atoms with Crippen molar-refractivity contribution < 1.29 is 14.4 Å². The molecule has 0 aromatic heterocycles. The number of nitrogens with zero attached hydrogens (tertiary/aromatic N) is 1. The number of nitrogens with one attached hydrogen (secondary N) is 3. The second-order valence-electron chi connectivity index (χ2n) is 3.64. The predicted molar refractivity (Wildman–Crippen MR) is 57.4 cm³/mol. The van der Waals surface area contributed by atoms with E-state index in [9.17, 15) is 14.4 Å². The van der Waals surface area contributed by atoms with Crippen molar-refractivity contribution in [2.45, 2.75) is 25.3 Å². The van der Waals surface area contributed by atoms with Gasteiger partial charge in [0.05, 0.1) is 25.1 Å². The Bertz CT molecular complexity index is 361. The summed E-state index contributed by atoms with van der Waals surface area (Å²) >= 11 is 0. The minimum absolute atomic E-state index is 0.00228. The molecule has 1 aliphatic rings. The van der Waals surface area contributed by atoms with Crippen LogP contribution in [0.25, 0.3) is 0 Å². The summed E-state index contributed by atoms with van der Waals surface area (Å²) in [5.41, 5.74) is 0. The summed E-state index contributed by atoms with van der Waals surface area (Å²) in [5, 5.41) is 15.7. The van der Waals surface area contributed by atoms with Gasteiger partial charge in [-0.05, 0) is 6.42 Å². The molecule has 1 heterocycles. The van der Waals surface area contributed by atoms with Gasteiger partial charge in [0.15, 0.2) is 0 Å². The zero-order valence-electron chi connectivity index (χ0n) is 9.28. The number of rotatable bonds is 5. The summed E-state index contributed by atoms with van der Waals surface area (Å²) in [6.07, 6.45) is 0.930. The maximum absolute atomic E-state index is 11.3. The van der Waals surface area contributed by atoms with E-state index in [-0.39, 0.29) is 31.2 Å². The zero-order valence-corrected chi connectivity index (χ0v) is 9.28. The Morgan fingerprint density at radius 3 is 2.94 bits per heavy atom. The third-order valence-electron chi connectivity index (χ3n) is 2.31. The van der Waals surface area contributed by atoms with Crippen LogP contribution in [-0.4, -0.2) is 36.9 Å². The van der Waals surface area contributed by atoms with Gasteiger partial charge in [0, 0.05) is 13.0 Å². The average molecular weight is 238 g/mol.